The van der Waals surface area contributed by atoms with Crippen LogP contribution in [0.15, 0.2) is 5.16 Å². The highest BCUT2D eigenvalue weighted by Crippen LogP contribution is 2.62. The van der Waals surface area contributed by atoms with Gasteiger partial charge >= 0.3 is 0 Å². The second kappa shape index (κ2) is 12.1. The molecular weight excluding hydrogens is 610 g/mol. The molecule has 2 saturated carbocycles. The maximum Gasteiger partial charge on any atom is 0.201 e. The number of rotatable bonds is 8. The van der Waals surface area contributed by atoms with Crippen molar-refractivity contribution in [3.8, 4) is 0 Å². The molecule has 12 nitrogen and oxygen atoms in total. The Kier molecular flexibility index (Phi) is 8.55. The van der Waals surface area contributed by atoms with Gasteiger partial charge in [-0.05, 0) is 83.0 Å². The van der Waals surface area contributed by atoms with Crippen LogP contribution < -0.4 is 0 Å². The topological polar surface area (TPSA) is 114 Å². The molecule has 0 aromatic heterocycles. The van der Waals surface area contributed by atoms with E-state index in [1.54, 1.807) is 0 Å². The van der Waals surface area contributed by atoms with Gasteiger partial charge in [0, 0.05) is 36.5 Å². The lowest BCUT2D eigenvalue weighted by atomic mass is 9.58. The molecular formula is C35H55NO11. The van der Waals surface area contributed by atoms with Crippen molar-refractivity contribution in [3.63, 3.8) is 0 Å². The van der Waals surface area contributed by atoms with E-state index in [9.17, 15) is 0 Å². The van der Waals surface area contributed by atoms with Gasteiger partial charge in [-0.2, -0.15) is 0 Å². The largest absolute Gasteiger partial charge is 0.396 e. The zero-order chi connectivity index (χ0) is 32.8. The van der Waals surface area contributed by atoms with Crippen molar-refractivity contribution in [1.82, 2.24) is 0 Å². The van der Waals surface area contributed by atoms with Gasteiger partial charge in [-0.15, -0.1) is 0 Å². The average molecular weight is 666 g/mol. The first-order valence-corrected chi connectivity index (χ1v) is 18.3. The molecule has 10 rings (SSSR count). The summed E-state index contributed by atoms with van der Waals surface area (Å²) < 4.78 is 39.3. The van der Waals surface area contributed by atoms with Crippen LogP contribution in [0.4, 0.5) is 0 Å². The monoisotopic (exact) mass is 665 g/mol. The van der Waals surface area contributed by atoms with Crippen molar-refractivity contribution in [2.45, 2.75) is 148 Å². The van der Waals surface area contributed by atoms with Crippen molar-refractivity contribution in [2.24, 2.45) is 52.5 Å². The number of nitrogens with zero attached hydrogens (tertiary/aromatic N) is 1. The third-order valence-corrected chi connectivity index (χ3v) is 13.3. The smallest absolute Gasteiger partial charge is 0.201 e. The number of hydrogen-bond acceptors (Lipinski definition) is 12. The van der Waals surface area contributed by atoms with Crippen LogP contribution in [0.25, 0.3) is 0 Å². The molecule has 0 aromatic rings. The maximum atomic E-state index is 6.63. The molecule has 47 heavy (non-hydrogen) atoms. The second-order valence-corrected chi connectivity index (χ2v) is 16.2. The van der Waals surface area contributed by atoms with E-state index in [1.807, 2.05) is 20.8 Å². The molecule has 10 fully saturated rings. The number of oxime groups is 1. The van der Waals surface area contributed by atoms with Crippen LogP contribution in [0.3, 0.4) is 0 Å². The minimum atomic E-state index is -0.834. The molecule has 8 saturated heterocycles. The van der Waals surface area contributed by atoms with E-state index in [2.05, 4.69) is 32.9 Å². The van der Waals surface area contributed by atoms with Crippen LogP contribution in [-0.2, 0) is 52.8 Å². The van der Waals surface area contributed by atoms with Gasteiger partial charge in [-0.25, -0.2) is 19.6 Å². The fourth-order valence-corrected chi connectivity index (χ4v) is 10.7. The Morgan fingerprint density at radius 2 is 1.11 bits per heavy atom. The van der Waals surface area contributed by atoms with E-state index >= 15 is 0 Å². The fraction of sp³-hybridized carbons (Fsp3) is 0.971. The van der Waals surface area contributed by atoms with E-state index < -0.39 is 47.9 Å². The zero-order valence-electron chi connectivity index (χ0n) is 29.1. The Bertz CT molecular complexity index is 1120. The Morgan fingerprint density at radius 1 is 0.638 bits per heavy atom. The molecule has 0 amide bonds. The second-order valence-electron chi connectivity index (χ2n) is 16.2. The molecule has 0 unspecified atom stereocenters. The Hall–Kier alpha value is -0.930. The summed E-state index contributed by atoms with van der Waals surface area (Å²) in [5, 5.41) is 4.40. The first-order valence-electron chi connectivity index (χ1n) is 18.3. The van der Waals surface area contributed by atoms with E-state index in [4.69, 9.17) is 52.8 Å². The summed E-state index contributed by atoms with van der Waals surface area (Å²) >= 11 is 0. The van der Waals surface area contributed by atoms with Crippen molar-refractivity contribution in [3.05, 3.63) is 0 Å². The van der Waals surface area contributed by atoms with Gasteiger partial charge in [-0.1, -0.05) is 32.9 Å². The third-order valence-electron chi connectivity index (χ3n) is 13.3. The van der Waals surface area contributed by atoms with Gasteiger partial charge in [0.15, 0.2) is 36.4 Å². The molecule has 0 N–H and O–H groups in total. The van der Waals surface area contributed by atoms with Gasteiger partial charge in [-0.3, -0.25) is 0 Å². The summed E-state index contributed by atoms with van der Waals surface area (Å²) in [6.07, 6.45) is 5.62. The summed E-state index contributed by atoms with van der Waals surface area (Å²) in [6, 6.07) is 0. The first-order chi connectivity index (χ1) is 22.5. The van der Waals surface area contributed by atoms with E-state index in [0.29, 0.717) is 36.0 Å². The minimum Gasteiger partial charge on any atom is -0.396 e. The number of hydrogen-bond donors (Lipinski definition) is 0. The van der Waals surface area contributed by atoms with E-state index in [0.717, 1.165) is 51.4 Å². The van der Waals surface area contributed by atoms with Crippen LogP contribution in [-0.4, -0.2) is 73.5 Å². The van der Waals surface area contributed by atoms with E-state index in [-0.39, 0.29) is 36.9 Å². The van der Waals surface area contributed by atoms with Gasteiger partial charge in [0.1, 0.15) is 12.3 Å². The predicted molar refractivity (Wildman–Crippen MR) is 165 cm³/mol. The molecule has 16 atom stereocenters. The van der Waals surface area contributed by atoms with Crippen LogP contribution in [0.1, 0.15) is 99.8 Å². The zero-order valence-corrected chi connectivity index (χ0v) is 29.1. The quantitative estimate of drug-likeness (QED) is 0.177. The van der Waals surface area contributed by atoms with Crippen LogP contribution in [0, 0.1) is 47.3 Å². The normalized spacial score (nSPS) is 54.5. The van der Waals surface area contributed by atoms with E-state index in [1.165, 1.54) is 0 Å². The van der Waals surface area contributed by atoms with Gasteiger partial charge in [0.25, 0.3) is 0 Å². The predicted octanol–water partition coefficient (Wildman–Crippen LogP) is 5.83. The van der Waals surface area contributed by atoms with Crippen LogP contribution >= 0.6 is 0 Å². The molecule has 2 spiro atoms. The summed E-state index contributed by atoms with van der Waals surface area (Å²) in [6.45, 7) is 15.6. The van der Waals surface area contributed by atoms with Gasteiger partial charge in [0.2, 0.25) is 11.6 Å². The fourth-order valence-electron chi connectivity index (χ4n) is 10.7. The molecule has 266 valence electrons. The molecule has 4 bridgehead atoms. The Morgan fingerprint density at radius 3 is 1.55 bits per heavy atom. The molecule has 8 aliphatic heterocycles. The standard InChI is InChI=1S/C35H55NO11/c1-8-39-36-23(17-37-28-21(4)26-11-9-19(2)24-13-15-32(6)42-30(40-28)34(24,26)46-44-32)18-38-29-22(5)27-12-10-20(3)25-14-16-33(7)43-31(41-29)35(25,27)47-45-33/h19-22,24-31H,8-18H2,1-7H3/t19-,20-,21-,22-,24+,25+,26+,27+,28+,29+,30-,31-,32+,33+,34-,35-/m1/s1. The summed E-state index contributed by atoms with van der Waals surface area (Å²) in [7, 11) is 0. The highest BCUT2D eigenvalue weighted by atomic mass is 17.3. The van der Waals surface area contributed by atoms with Gasteiger partial charge in [0.05, 0.1) is 13.2 Å². The number of fused-ring (bicyclic) bond motifs is 4. The molecule has 12 heteroatoms. The Balaban J connectivity index is 0.960. The van der Waals surface area contributed by atoms with Crippen LogP contribution in [0.5, 0.6) is 0 Å². The molecule has 10 aliphatic rings. The summed E-state index contributed by atoms with van der Waals surface area (Å²) in [5.41, 5.74) is -0.648. The SMILES string of the molecule is CCON=C(CO[C@H]1O[C@@H]2O[C@]3(C)CC[C@H]4[C@H](C)CC[C@@H]([C@H]1C)[C@@]24OO3)CO[C@H]1O[C@@H]2O[C@]3(C)CC[C@H]4[C@H](C)CC[C@@H]([C@H]1C)[C@@]24OO3. The summed E-state index contributed by atoms with van der Waals surface area (Å²) in [5.74, 6) is 0.381. The number of ether oxygens (including phenoxy) is 6. The third kappa shape index (κ3) is 5.18. The van der Waals surface area contributed by atoms with Gasteiger partial charge < -0.3 is 33.3 Å². The minimum absolute atomic E-state index is 0.0519. The Labute approximate surface area is 278 Å². The molecule has 0 aromatic carbocycles. The van der Waals surface area contributed by atoms with Crippen LogP contribution in [0.2, 0.25) is 0 Å². The lowest BCUT2D eigenvalue weighted by molar-refractivity contribution is -0.577. The summed E-state index contributed by atoms with van der Waals surface area (Å²) in [4.78, 5) is 30.0. The highest BCUT2D eigenvalue weighted by Gasteiger charge is 2.71. The molecule has 2 aliphatic carbocycles. The van der Waals surface area contributed by atoms with Crippen molar-refractivity contribution < 1.29 is 52.8 Å². The molecule has 0 radical (unpaired) electrons. The highest BCUT2D eigenvalue weighted by molar-refractivity contribution is 5.86. The molecule has 8 heterocycles. The average Bonchev–Trinajstić information content (AvgIpc) is 3.42. The van der Waals surface area contributed by atoms with Crippen molar-refractivity contribution in [1.29, 1.82) is 0 Å². The lowest BCUT2D eigenvalue weighted by Crippen LogP contribution is -2.70. The van der Waals surface area contributed by atoms with Crippen molar-refractivity contribution in [2.75, 3.05) is 19.8 Å². The maximum absolute atomic E-state index is 6.63. The van der Waals surface area contributed by atoms with Crippen molar-refractivity contribution >= 4 is 5.71 Å². The first kappa shape index (κ1) is 33.2. The lowest BCUT2D eigenvalue weighted by Gasteiger charge is -2.60.